The van der Waals surface area contributed by atoms with E-state index in [1.165, 1.54) is 7.11 Å². The highest BCUT2D eigenvalue weighted by Gasteiger charge is 2.27. The van der Waals surface area contributed by atoms with E-state index < -0.39 is 18.2 Å². The Morgan fingerprint density at radius 2 is 2.24 bits per heavy atom. The Morgan fingerprint density at radius 3 is 2.90 bits per heavy atom. The molecule has 0 bridgehead atoms. The summed E-state index contributed by atoms with van der Waals surface area (Å²) in [6.07, 6.45) is 9.53. The van der Waals surface area contributed by atoms with Crippen molar-refractivity contribution in [3.05, 3.63) is 60.3 Å². The van der Waals surface area contributed by atoms with E-state index in [0.29, 0.717) is 24.3 Å². The van der Waals surface area contributed by atoms with E-state index in [2.05, 4.69) is 17.2 Å². The third-order valence-electron chi connectivity index (χ3n) is 4.62. The molecule has 29 heavy (non-hydrogen) atoms. The topological polar surface area (TPSA) is 79.8 Å². The SMILES string of the molecule is C=CCc1ccc(OC(=O)C(CCSC)NC(O)C2=CC=CNC2C)c(OC)c1. The van der Waals surface area contributed by atoms with Gasteiger partial charge in [-0.1, -0.05) is 18.2 Å². The number of aliphatic hydroxyl groups is 1. The largest absolute Gasteiger partial charge is 0.493 e. The molecule has 0 saturated carbocycles. The van der Waals surface area contributed by atoms with Crippen molar-refractivity contribution >= 4 is 17.7 Å². The van der Waals surface area contributed by atoms with Crippen LogP contribution in [0, 0.1) is 0 Å². The minimum absolute atomic E-state index is 0.0304. The summed E-state index contributed by atoms with van der Waals surface area (Å²) in [6, 6.07) is 4.73. The molecule has 1 heterocycles. The number of carbonyl (C=O) groups excluding carboxylic acids is 1. The summed E-state index contributed by atoms with van der Waals surface area (Å²) in [5, 5.41) is 16.8. The zero-order chi connectivity index (χ0) is 21.2. The molecule has 3 N–H and O–H groups in total. The van der Waals surface area contributed by atoms with Gasteiger partial charge in [-0.3, -0.25) is 5.32 Å². The number of dihydropyridines is 1. The summed E-state index contributed by atoms with van der Waals surface area (Å²) in [6.45, 7) is 5.68. The Labute approximate surface area is 177 Å². The third-order valence-corrected chi connectivity index (χ3v) is 5.26. The number of methoxy groups -OCH3 is 1. The summed E-state index contributed by atoms with van der Waals surface area (Å²) in [4.78, 5) is 12.9. The van der Waals surface area contributed by atoms with Crippen LogP contribution in [0.15, 0.2) is 54.8 Å². The highest BCUT2D eigenvalue weighted by atomic mass is 32.2. The van der Waals surface area contributed by atoms with Crippen molar-refractivity contribution in [3.63, 3.8) is 0 Å². The Balaban J connectivity index is 2.13. The van der Waals surface area contributed by atoms with Crippen molar-refractivity contribution in [2.45, 2.75) is 38.1 Å². The van der Waals surface area contributed by atoms with Gasteiger partial charge in [0.15, 0.2) is 11.5 Å². The average molecular weight is 419 g/mol. The minimum atomic E-state index is -0.960. The molecule has 6 nitrogen and oxygen atoms in total. The average Bonchev–Trinajstić information content (AvgIpc) is 2.72. The van der Waals surface area contributed by atoms with Crippen molar-refractivity contribution in [2.24, 2.45) is 0 Å². The fourth-order valence-corrected chi connectivity index (χ4v) is 3.46. The molecule has 0 spiro atoms. The van der Waals surface area contributed by atoms with Crippen molar-refractivity contribution in [3.8, 4) is 11.5 Å². The predicted octanol–water partition coefficient (Wildman–Crippen LogP) is 2.79. The maximum Gasteiger partial charge on any atom is 0.328 e. The molecular formula is C22H30N2O4S. The van der Waals surface area contributed by atoms with Gasteiger partial charge in [0.2, 0.25) is 0 Å². The first-order valence-electron chi connectivity index (χ1n) is 9.55. The molecular weight excluding hydrogens is 388 g/mol. The van der Waals surface area contributed by atoms with Crippen LogP contribution in [0.25, 0.3) is 0 Å². The lowest BCUT2D eigenvalue weighted by Gasteiger charge is -2.27. The molecule has 0 aliphatic carbocycles. The maximum absolute atomic E-state index is 12.9. The normalized spacial score (nSPS) is 17.7. The number of esters is 1. The van der Waals surface area contributed by atoms with Crippen LogP contribution < -0.4 is 20.1 Å². The minimum Gasteiger partial charge on any atom is -0.493 e. The monoisotopic (exact) mass is 418 g/mol. The third kappa shape index (κ3) is 6.66. The van der Waals surface area contributed by atoms with Gasteiger partial charge in [-0.15, -0.1) is 6.58 Å². The van der Waals surface area contributed by atoms with Gasteiger partial charge in [0.05, 0.1) is 7.11 Å². The molecule has 1 aliphatic heterocycles. The predicted molar refractivity (Wildman–Crippen MR) is 118 cm³/mol. The van der Waals surface area contributed by atoms with E-state index in [9.17, 15) is 9.90 Å². The summed E-state index contributed by atoms with van der Waals surface area (Å²) in [5.41, 5.74) is 1.78. The lowest BCUT2D eigenvalue weighted by molar-refractivity contribution is -0.137. The number of thioether (sulfide) groups is 1. The van der Waals surface area contributed by atoms with Crippen molar-refractivity contribution < 1.29 is 19.4 Å². The highest BCUT2D eigenvalue weighted by Crippen LogP contribution is 2.29. The van der Waals surface area contributed by atoms with Gasteiger partial charge >= 0.3 is 5.97 Å². The number of carbonyl (C=O) groups is 1. The van der Waals surface area contributed by atoms with Crippen LogP contribution in [-0.2, 0) is 11.2 Å². The van der Waals surface area contributed by atoms with Crippen LogP contribution in [-0.4, -0.2) is 48.5 Å². The zero-order valence-electron chi connectivity index (χ0n) is 17.2. The van der Waals surface area contributed by atoms with E-state index in [1.54, 1.807) is 23.9 Å². The number of hydrogen-bond donors (Lipinski definition) is 3. The van der Waals surface area contributed by atoms with E-state index in [4.69, 9.17) is 9.47 Å². The summed E-state index contributed by atoms with van der Waals surface area (Å²) in [5.74, 6) is 1.13. The van der Waals surface area contributed by atoms with E-state index in [1.807, 2.05) is 43.7 Å². The van der Waals surface area contributed by atoms with E-state index in [-0.39, 0.29) is 6.04 Å². The molecule has 1 aromatic rings. The molecule has 1 aliphatic rings. The Morgan fingerprint density at radius 1 is 1.45 bits per heavy atom. The molecule has 2 rings (SSSR count). The molecule has 0 radical (unpaired) electrons. The van der Waals surface area contributed by atoms with Crippen LogP contribution in [0.5, 0.6) is 11.5 Å². The van der Waals surface area contributed by atoms with E-state index >= 15 is 0 Å². The molecule has 0 fully saturated rings. The van der Waals surface area contributed by atoms with Gasteiger partial charge in [-0.25, -0.2) is 4.79 Å². The second-order valence-corrected chi connectivity index (χ2v) is 7.70. The quantitative estimate of drug-likeness (QED) is 0.221. The fourth-order valence-electron chi connectivity index (χ4n) is 2.99. The van der Waals surface area contributed by atoms with E-state index in [0.717, 1.165) is 16.9 Å². The summed E-state index contributed by atoms with van der Waals surface area (Å²) in [7, 11) is 1.54. The number of allylic oxidation sites excluding steroid dienone is 3. The van der Waals surface area contributed by atoms with Gasteiger partial charge in [0.25, 0.3) is 0 Å². The molecule has 0 aromatic heterocycles. The molecule has 0 saturated heterocycles. The Bertz CT molecular complexity index is 763. The Kier molecular flexibility index (Phi) is 9.31. The number of ether oxygens (including phenoxy) is 2. The van der Waals surface area contributed by atoms with Crippen molar-refractivity contribution in [1.82, 2.24) is 10.6 Å². The van der Waals surface area contributed by atoms with Crippen LogP contribution in [0.1, 0.15) is 18.9 Å². The van der Waals surface area contributed by atoms with Crippen molar-refractivity contribution in [2.75, 3.05) is 19.1 Å². The number of hydrogen-bond acceptors (Lipinski definition) is 7. The second-order valence-electron chi connectivity index (χ2n) is 6.72. The Hall–Kier alpha value is -2.22. The first-order chi connectivity index (χ1) is 14.0. The first kappa shape index (κ1) is 23.1. The molecule has 3 unspecified atom stereocenters. The first-order valence-corrected chi connectivity index (χ1v) is 10.9. The van der Waals surface area contributed by atoms with Crippen LogP contribution >= 0.6 is 11.8 Å². The number of benzene rings is 1. The summed E-state index contributed by atoms with van der Waals surface area (Å²) >= 11 is 1.63. The maximum atomic E-state index is 12.9. The van der Waals surface area contributed by atoms with Gasteiger partial charge in [0, 0.05) is 6.04 Å². The highest BCUT2D eigenvalue weighted by molar-refractivity contribution is 7.98. The lowest BCUT2D eigenvalue weighted by Crippen LogP contribution is -2.49. The standard InChI is InChI=1S/C22H30N2O4S/c1-5-7-16-9-10-19(20(14-16)27-3)28-22(26)18(11-13-29-4)24-21(25)17-8-6-12-23-15(17)2/h5-6,8-10,12,14-15,18,21,23-25H,1,7,11,13H2,2-4H3. The second kappa shape index (κ2) is 11.7. The molecule has 3 atom stereocenters. The van der Waals surface area contributed by atoms with Gasteiger partial charge in [0.1, 0.15) is 12.3 Å². The molecule has 1 aromatic carbocycles. The van der Waals surface area contributed by atoms with Crippen molar-refractivity contribution in [1.29, 1.82) is 0 Å². The number of rotatable bonds is 11. The number of aliphatic hydroxyl groups excluding tert-OH is 1. The van der Waals surface area contributed by atoms with Gasteiger partial charge in [-0.05, 0) is 67.3 Å². The summed E-state index contributed by atoms with van der Waals surface area (Å²) < 4.78 is 11.0. The van der Waals surface area contributed by atoms with Gasteiger partial charge < -0.3 is 19.9 Å². The molecule has 158 valence electrons. The van der Waals surface area contributed by atoms with Crippen LogP contribution in [0.4, 0.5) is 0 Å². The zero-order valence-corrected chi connectivity index (χ0v) is 18.0. The van der Waals surface area contributed by atoms with Gasteiger partial charge in [-0.2, -0.15) is 11.8 Å². The molecule has 7 heteroatoms. The fraction of sp³-hybridized carbons (Fsp3) is 0.409. The van der Waals surface area contributed by atoms with Crippen LogP contribution in [0.2, 0.25) is 0 Å². The number of nitrogens with one attached hydrogen (secondary N) is 2. The molecule has 0 amide bonds. The smallest absolute Gasteiger partial charge is 0.328 e. The lowest BCUT2D eigenvalue weighted by atomic mass is 10.0. The van der Waals surface area contributed by atoms with Crippen LogP contribution in [0.3, 0.4) is 0 Å².